The lowest BCUT2D eigenvalue weighted by molar-refractivity contribution is -0.870. The van der Waals surface area contributed by atoms with Gasteiger partial charge in [0.05, 0.1) is 39.9 Å². The molecule has 0 radical (unpaired) electrons. The molecule has 0 rings (SSSR count). The molecule has 0 aromatic heterocycles. The average Bonchev–Trinajstić information content (AvgIpc) is 3.02. The van der Waals surface area contributed by atoms with Gasteiger partial charge in [-0.25, -0.2) is 0 Å². The number of phosphoric ester groups is 1. The highest BCUT2D eigenvalue weighted by Gasteiger charge is 2.23. The normalized spacial score (nSPS) is 14.9. The number of carbonyl (C=O) groups excluding carboxylic acids is 1. The summed E-state index contributed by atoms with van der Waals surface area (Å²) in [4.78, 5) is 25.2. The maximum Gasteiger partial charge on any atom is 0.268 e. The molecule has 0 fully saturated rings. The van der Waals surface area contributed by atoms with Gasteiger partial charge in [0, 0.05) is 6.42 Å². The van der Waals surface area contributed by atoms with Crippen LogP contribution in [-0.4, -0.2) is 68.5 Å². The van der Waals surface area contributed by atoms with Gasteiger partial charge in [0.1, 0.15) is 13.2 Å². The van der Waals surface area contributed by atoms with Crippen molar-refractivity contribution in [3.05, 3.63) is 24.3 Å². The second-order valence-electron chi connectivity index (χ2n) is 14.6. The summed E-state index contributed by atoms with van der Waals surface area (Å²) in [6, 6.07) is -0.883. The minimum absolute atomic E-state index is 0.00118. The second kappa shape index (κ2) is 31.9. The lowest BCUT2D eigenvalue weighted by Gasteiger charge is -2.29. The molecule has 0 aliphatic rings. The van der Waals surface area contributed by atoms with E-state index in [1.807, 2.05) is 27.2 Å². The fraction of sp³-hybridized carbons (Fsp3) is 0.872. The summed E-state index contributed by atoms with van der Waals surface area (Å²) >= 11 is 0. The lowest BCUT2D eigenvalue weighted by atomic mass is 10.0. The topological polar surface area (TPSA) is 108 Å². The number of phosphoric acid groups is 1. The number of allylic oxidation sites excluding steroid dienone is 3. The number of hydrogen-bond acceptors (Lipinski definition) is 6. The predicted octanol–water partition coefficient (Wildman–Crippen LogP) is 9.55. The Morgan fingerprint density at radius 2 is 1.19 bits per heavy atom. The molecule has 1 unspecified atom stereocenters. The Hall–Kier alpha value is -1.02. The van der Waals surface area contributed by atoms with E-state index in [1.165, 1.54) is 109 Å². The van der Waals surface area contributed by atoms with Crippen LogP contribution in [0.1, 0.15) is 168 Å². The first-order chi connectivity index (χ1) is 23.0. The molecule has 0 aliphatic carbocycles. The van der Waals surface area contributed by atoms with Gasteiger partial charge in [0.25, 0.3) is 7.82 Å². The number of rotatable bonds is 35. The highest BCUT2D eigenvalue weighted by molar-refractivity contribution is 7.45. The number of carbonyl (C=O) groups is 1. The number of quaternary nitrogens is 1. The van der Waals surface area contributed by atoms with Gasteiger partial charge >= 0.3 is 0 Å². The molecule has 8 nitrogen and oxygen atoms in total. The van der Waals surface area contributed by atoms with Crippen molar-refractivity contribution in [1.82, 2.24) is 5.32 Å². The van der Waals surface area contributed by atoms with E-state index in [0.717, 1.165) is 38.5 Å². The van der Waals surface area contributed by atoms with Crippen molar-refractivity contribution < 1.29 is 32.9 Å². The highest BCUT2D eigenvalue weighted by atomic mass is 31.2. The van der Waals surface area contributed by atoms with Gasteiger partial charge in [-0.15, -0.1) is 0 Å². The summed E-state index contributed by atoms with van der Waals surface area (Å²) in [6.07, 6.45) is 35.0. The van der Waals surface area contributed by atoms with E-state index in [1.54, 1.807) is 6.08 Å². The van der Waals surface area contributed by atoms with Crippen LogP contribution in [0.4, 0.5) is 0 Å². The molecule has 0 aromatic carbocycles. The first-order valence-corrected chi connectivity index (χ1v) is 21.2. The third-order valence-electron chi connectivity index (χ3n) is 8.64. The van der Waals surface area contributed by atoms with Crippen molar-refractivity contribution in [2.75, 3.05) is 40.9 Å². The van der Waals surface area contributed by atoms with Crippen LogP contribution in [0.25, 0.3) is 0 Å². The van der Waals surface area contributed by atoms with Gasteiger partial charge in [-0.05, 0) is 38.5 Å². The monoisotopic (exact) mass is 701 g/mol. The molecule has 0 spiro atoms. The van der Waals surface area contributed by atoms with E-state index >= 15 is 0 Å². The van der Waals surface area contributed by atoms with Crippen LogP contribution < -0.4 is 10.2 Å². The first-order valence-electron chi connectivity index (χ1n) is 19.7. The van der Waals surface area contributed by atoms with Crippen LogP contribution in [0.2, 0.25) is 0 Å². The minimum Gasteiger partial charge on any atom is -0.756 e. The lowest BCUT2D eigenvalue weighted by Crippen LogP contribution is -2.45. The molecule has 48 heavy (non-hydrogen) atoms. The number of hydrogen-bond donors (Lipinski definition) is 2. The molecule has 2 N–H and O–H groups in total. The standard InChI is InChI=1S/C39H77N2O6P/c1-6-8-10-12-14-16-18-20-22-24-26-28-30-32-38(42)37(36-47-48(44,45)46-35-34-41(3,4)5)40-39(43)33-31-29-27-25-23-21-19-17-15-13-11-9-7-2/h10,12,30,32,37-38,42H,6-9,11,13-29,31,33-36H2,1-5H3,(H-,40,43,44,45)/b12-10-,32-30+/t37-,38+/m0/s1. The molecule has 3 atom stereocenters. The molecule has 0 bridgehead atoms. The van der Waals surface area contributed by atoms with E-state index in [2.05, 4.69) is 31.3 Å². The van der Waals surface area contributed by atoms with Crippen LogP contribution in [0.5, 0.6) is 0 Å². The zero-order valence-corrected chi connectivity index (χ0v) is 32.8. The summed E-state index contributed by atoms with van der Waals surface area (Å²) in [7, 11) is 1.26. The number of aliphatic hydroxyl groups is 1. The smallest absolute Gasteiger partial charge is 0.268 e. The molecule has 0 aromatic rings. The van der Waals surface area contributed by atoms with Crippen molar-refractivity contribution in [2.45, 2.75) is 180 Å². The number of aliphatic hydroxyl groups excluding tert-OH is 1. The molecule has 284 valence electrons. The van der Waals surface area contributed by atoms with E-state index in [0.29, 0.717) is 17.4 Å². The molecule has 1 amide bonds. The number of unbranched alkanes of at least 4 members (excludes halogenated alkanes) is 20. The van der Waals surface area contributed by atoms with Crippen LogP contribution in [-0.2, 0) is 18.4 Å². The number of nitrogens with one attached hydrogen (secondary N) is 1. The summed E-state index contributed by atoms with van der Waals surface area (Å²) in [5.74, 6) is -0.202. The van der Waals surface area contributed by atoms with Crippen LogP contribution in [0.3, 0.4) is 0 Å². The van der Waals surface area contributed by atoms with Crippen molar-refractivity contribution in [3.8, 4) is 0 Å². The molecular formula is C39H77N2O6P. The zero-order valence-electron chi connectivity index (χ0n) is 31.9. The average molecular weight is 701 g/mol. The Morgan fingerprint density at radius 3 is 1.71 bits per heavy atom. The van der Waals surface area contributed by atoms with E-state index in [9.17, 15) is 19.4 Å². The first kappa shape index (κ1) is 47.0. The summed E-state index contributed by atoms with van der Waals surface area (Å²) in [5, 5.41) is 13.7. The summed E-state index contributed by atoms with van der Waals surface area (Å²) in [6.45, 7) is 4.57. The Morgan fingerprint density at radius 1 is 0.708 bits per heavy atom. The fourth-order valence-electron chi connectivity index (χ4n) is 5.45. The van der Waals surface area contributed by atoms with Crippen molar-refractivity contribution in [3.63, 3.8) is 0 Å². The van der Waals surface area contributed by atoms with Gasteiger partial charge in [-0.2, -0.15) is 0 Å². The largest absolute Gasteiger partial charge is 0.756 e. The molecule has 0 aliphatic heterocycles. The van der Waals surface area contributed by atoms with Gasteiger partial charge in [0.2, 0.25) is 5.91 Å². The van der Waals surface area contributed by atoms with Crippen LogP contribution in [0.15, 0.2) is 24.3 Å². The summed E-state index contributed by atoms with van der Waals surface area (Å²) in [5.41, 5.74) is 0. The Kier molecular flexibility index (Phi) is 31.2. The Balaban J connectivity index is 4.52. The predicted molar refractivity (Wildman–Crippen MR) is 201 cm³/mol. The number of likely N-dealkylation sites (N-methyl/N-ethyl adjacent to an activating group) is 1. The van der Waals surface area contributed by atoms with Crippen molar-refractivity contribution >= 4 is 13.7 Å². The van der Waals surface area contributed by atoms with Crippen molar-refractivity contribution in [1.29, 1.82) is 0 Å². The van der Waals surface area contributed by atoms with E-state index < -0.39 is 20.0 Å². The van der Waals surface area contributed by atoms with Crippen LogP contribution >= 0.6 is 7.82 Å². The van der Waals surface area contributed by atoms with Crippen molar-refractivity contribution in [2.24, 2.45) is 0 Å². The molecule has 9 heteroatoms. The molecular weight excluding hydrogens is 623 g/mol. The third-order valence-corrected chi connectivity index (χ3v) is 9.60. The van der Waals surface area contributed by atoms with E-state index in [-0.39, 0.29) is 19.1 Å². The molecule has 0 heterocycles. The second-order valence-corrected chi connectivity index (χ2v) is 16.0. The molecule has 0 saturated heterocycles. The minimum atomic E-state index is -4.58. The number of amides is 1. The zero-order chi connectivity index (χ0) is 35.8. The maximum atomic E-state index is 12.8. The van der Waals surface area contributed by atoms with Gasteiger partial charge in [-0.3, -0.25) is 9.36 Å². The molecule has 0 saturated carbocycles. The SMILES string of the molecule is CCC/C=C\CCCCCCCC/C=C/[C@@H](O)[C@H](COP(=O)([O-])OCC[N+](C)(C)C)NC(=O)CCCCCCCCCCCCCCC. The number of nitrogens with zero attached hydrogens (tertiary/aromatic N) is 1. The fourth-order valence-corrected chi connectivity index (χ4v) is 6.17. The quantitative estimate of drug-likeness (QED) is 0.0295. The van der Waals surface area contributed by atoms with Gasteiger partial charge in [-0.1, -0.05) is 147 Å². The third kappa shape index (κ3) is 33.5. The van der Waals surface area contributed by atoms with E-state index in [4.69, 9.17) is 9.05 Å². The van der Waals surface area contributed by atoms with Gasteiger partial charge < -0.3 is 28.8 Å². The summed E-state index contributed by atoms with van der Waals surface area (Å²) < 4.78 is 23.1. The highest BCUT2D eigenvalue weighted by Crippen LogP contribution is 2.38. The Labute approximate surface area is 296 Å². The maximum absolute atomic E-state index is 12.8. The van der Waals surface area contributed by atoms with Crippen LogP contribution in [0, 0.1) is 0 Å². The Bertz CT molecular complexity index is 845. The van der Waals surface area contributed by atoms with Gasteiger partial charge in [0.15, 0.2) is 0 Å².